The van der Waals surface area contributed by atoms with Gasteiger partial charge in [-0.2, -0.15) is 0 Å². The number of para-hydroxylation sites is 3. The molecule has 50 heavy (non-hydrogen) atoms. The molecule has 0 bridgehead atoms. The summed E-state index contributed by atoms with van der Waals surface area (Å²) in [6, 6.07) is 30.8. The van der Waals surface area contributed by atoms with Gasteiger partial charge in [-0.25, -0.2) is 0 Å². The van der Waals surface area contributed by atoms with E-state index in [0.717, 1.165) is 33.4 Å². The monoisotopic (exact) mass is 649 g/mol. The van der Waals surface area contributed by atoms with E-state index in [2.05, 4.69) is 18.2 Å². The Kier molecular flexibility index (Phi) is 4.19. The van der Waals surface area contributed by atoms with Crippen molar-refractivity contribution in [2.24, 2.45) is 0 Å². The van der Waals surface area contributed by atoms with Gasteiger partial charge in [-0.1, -0.05) is 121 Å². The van der Waals surface area contributed by atoms with Crippen LogP contribution in [0.1, 0.15) is 17.8 Å². The second-order valence-electron chi connectivity index (χ2n) is 12.1. The van der Waals surface area contributed by atoms with Crippen molar-refractivity contribution in [2.75, 3.05) is 0 Å². The molecule has 2 nitrogen and oxygen atoms in total. The van der Waals surface area contributed by atoms with Crippen LogP contribution in [0.25, 0.3) is 88.4 Å². The van der Waals surface area contributed by atoms with Crippen molar-refractivity contribution in [2.45, 2.75) is 0 Å². The fourth-order valence-corrected chi connectivity index (χ4v) is 6.99. The van der Waals surface area contributed by atoms with Crippen LogP contribution in [0.3, 0.4) is 0 Å². The Morgan fingerprint density at radius 2 is 0.780 bits per heavy atom. The highest BCUT2D eigenvalue weighted by molar-refractivity contribution is 6.13. The molecule has 0 aliphatic carbocycles. The molecule has 234 valence electrons. The van der Waals surface area contributed by atoms with Gasteiger partial charge < -0.3 is 9.13 Å². The third kappa shape index (κ3) is 4.57. The first-order valence-corrected chi connectivity index (χ1v) is 16.1. The van der Waals surface area contributed by atoms with Crippen molar-refractivity contribution >= 4 is 43.6 Å². The lowest BCUT2D eigenvalue weighted by Crippen LogP contribution is -1.95. The van der Waals surface area contributed by atoms with Crippen LogP contribution in [-0.2, 0) is 0 Å². The van der Waals surface area contributed by atoms with Gasteiger partial charge in [-0.3, -0.25) is 0 Å². The molecule has 0 aliphatic rings. The Hall–Kier alpha value is -6.64. The number of aromatic nitrogens is 2. The number of hydrogen-bond donors (Lipinski definition) is 0. The van der Waals surface area contributed by atoms with Crippen LogP contribution in [0.2, 0.25) is 0 Å². The molecule has 0 saturated heterocycles. The fourth-order valence-electron chi connectivity index (χ4n) is 6.99. The molecule has 2 aromatic heterocycles. The van der Waals surface area contributed by atoms with Crippen LogP contribution in [-0.4, -0.2) is 9.13 Å². The summed E-state index contributed by atoms with van der Waals surface area (Å²) >= 11 is 0. The summed E-state index contributed by atoms with van der Waals surface area (Å²) in [6.45, 7) is 0. The van der Waals surface area contributed by atoms with Gasteiger partial charge in [-0.05, 0) is 106 Å². The van der Waals surface area contributed by atoms with Crippen LogP contribution < -0.4 is 0 Å². The van der Waals surface area contributed by atoms with E-state index in [1.165, 1.54) is 4.57 Å². The van der Waals surface area contributed by atoms with Crippen LogP contribution >= 0.6 is 0 Å². The molecule has 10 rings (SSSR count). The summed E-state index contributed by atoms with van der Waals surface area (Å²) in [7, 11) is 0. The summed E-state index contributed by atoms with van der Waals surface area (Å²) in [5.41, 5.74) is 6.81. The van der Waals surface area contributed by atoms with E-state index in [0.29, 0.717) is 27.5 Å². The molecule has 0 amide bonds. The lowest BCUT2D eigenvalue weighted by atomic mass is 9.93. The first kappa shape index (κ1) is 18.2. The zero-order valence-electron chi connectivity index (χ0n) is 39.4. The number of hydrogen-bond acceptors (Lipinski definition) is 0. The highest BCUT2D eigenvalue weighted by Gasteiger charge is 2.17. The van der Waals surface area contributed by atoms with Gasteiger partial charge in [0.05, 0.1) is 39.9 Å². The summed E-state index contributed by atoms with van der Waals surface area (Å²) in [4.78, 5) is 0. The first-order chi connectivity index (χ1) is 30.2. The van der Waals surface area contributed by atoms with E-state index in [1.54, 1.807) is 22.8 Å². The van der Waals surface area contributed by atoms with Crippen molar-refractivity contribution in [3.8, 4) is 44.8 Å². The topological polar surface area (TPSA) is 9.86 Å². The molecule has 2 heteroatoms. The van der Waals surface area contributed by atoms with Gasteiger partial charge in [0.25, 0.3) is 0 Å². The fraction of sp³-hybridized carbons (Fsp3) is 0. The number of nitrogens with zero attached hydrogens (tertiary/aromatic N) is 2. The second kappa shape index (κ2) is 11.5. The average Bonchev–Trinajstić information content (AvgIpc) is 3.84. The van der Waals surface area contributed by atoms with Gasteiger partial charge in [0.2, 0.25) is 0 Å². The first-order valence-electron chi connectivity index (χ1n) is 22.6. The van der Waals surface area contributed by atoms with E-state index in [1.807, 2.05) is 78.9 Å². The van der Waals surface area contributed by atoms with Crippen LogP contribution in [0, 0.1) is 0 Å². The van der Waals surface area contributed by atoms with E-state index in [-0.39, 0.29) is 27.5 Å². The van der Waals surface area contributed by atoms with Crippen molar-refractivity contribution in [3.05, 3.63) is 194 Å². The molecule has 0 unspecified atom stereocenters. The van der Waals surface area contributed by atoms with Crippen molar-refractivity contribution < 1.29 is 17.8 Å². The third-order valence-electron chi connectivity index (χ3n) is 9.23. The van der Waals surface area contributed by atoms with E-state index in [4.69, 9.17) is 17.8 Å². The quantitative estimate of drug-likeness (QED) is 0.176. The molecular formula is C48H32N2. The van der Waals surface area contributed by atoms with Gasteiger partial charge in [0.15, 0.2) is 0 Å². The van der Waals surface area contributed by atoms with Crippen LogP contribution in [0.5, 0.6) is 0 Å². The van der Waals surface area contributed by atoms with Gasteiger partial charge >= 0.3 is 0 Å². The summed E-state index contributed by atoms with van der Waals surface area (Å²) in [5.74, 6) is 0. The molecule has 0 N–H and O–H groups in total. The van der Waals surface area contributed by atoms with Crippen molar-refractivity contribution in [1.82, 2.24) is 9.13 Å². The third-order valence-corrected chi connectivity index (χ3v) is 9.23. The van der Waals surface area contributed by atoms with Gasteiger partial charge in [0.1, 0.15) is 0 Å². The predicted molar refractivity (Wildman–Crippen MR) is 211 cm³/mol. The Bertz CT molecular complexity index is 3430. The normalized spacial score (nSPS) is 15.2. The lowest BCUT2D eigenvalue weighted by molar-refractivity contribution is 1.17. The number of fused-ring (bicyclic) bond motifs is 6. The zero-order chi connectivity index (χ0) is 44.3. The largest absolute Gasteiger partial charge is 0.309 e. The minimum atomic E-state index is -0.546. The summed E-state index contributed by atoms with van der Waals surface area (Å²) in [5, 5.41) is 1.04. The maximum absolute atomic E-state index is 9.07. The minimum Gasteiger partial charge on any atom is -0.309 e. The van der Waals surface area contributed by atoms with Crippen LogP contribution in [0.15, 0.2) is 194 Å². The SMILES string of the molecule is [2H]c1c([2H])c([2H])c(-n2c3ccc(-c4cc(-c5ccccc5)cc(-c5ccccc5)c4)cc3c3cc(-n4c5c([2H])c([2H])c([2H])c([2H])c5c5c([2H])c([2H])c([2H])c([2H])c54)ccc32)c([2H])c1[2H]. The maximum atomic E-state index is 9.07. The van der Waals surface area contributed by atoms with Crippen molar-refractivity contribution in [3.63, 3.8) is 0 Å². The molecule has 0 aliphatic heterocycles. The second-order valence-corrected chi connectivity index (χ2v) is 12.1. The average molecular weight is 650 g/mol. The zero-order valence-corrected chi connectivity index (χ0v) is 26.4. The summed E-state index contributed by atoms with van der Waals surface area (Å²) < 4.78 is 117. The molecule has 8 aromatic carbocycles. The lowest BCUT2D eigenvalue weighted by Gasteiger charge is -2.12. The smallest absolute Gasteiger partial charge is 0.0645 e. The Balaban J connectivity index is 1.33. The van der Waals surface area contributed by atoms with Crippen molar-refractivity contribution in [1.29, 1.82) is 0 Å². The molecule has 0 atom stereocenters. The van der Waals surface area contributed by atoms with E-state index < -0.39 is 78.6 Å². The predicted octanol–water partition coefficient (Wildman–Crippen LogP) is 12.9. The molecule has 10 aromatic rings. The Morgan fingerprint density at radius 1 is 0.300 bits per heavy atom. The maximum Gasteiger partial charge on any atom is 0.0645 e. The molecule has 0 spiro atoms. The highest BCUT2D eigenvalue weighted by Crippen LogP contribution is 2.40. The Labute approximate surface area is 309 Å². The van der Waals surface area contributed by atoms with Crippen LogP contribution in [0.4, 0.5) is 0 Å². The van der Waals surface area contributed by atoms with E-state index >= 15 is 0 Å². The molecule has 0 radical (unpaired) electrons. The van der Waals surface area contributed by atoms with Gasteiger partial charge in [0, 0.05) is 32.9 Å². The highest BCUT2D eigenvalue weighted by atomic mass is 15.0. The number of rotatable bonds is 5. The summed E-state index contributed by atoms with van der Waals surface area (Å²) in [6.07, 6.45) is 0. The minimum absolute atomic E-state index is 0.0384. The van der Waals surface area contributed by atoms with E-state index in [9.17, 15) is 0 Å². The molecular weight excluding hydrogens is 605 g/mol. The number of benzene rings is 8. The molecule has 0 fully saturated rings. The molecule has 0 saturated carbocycles. The molecule has 2 heterocycles. The standard InChI is InChI=1S/C48H32N2/c1-4-14-33(15-5-1)36-28-37(34-16-6-2-7-17-34)30-38(29-36)35-24-26-47-43(31-35)44-32-40(25-27-48(44)49(47)39-18-8-3-9-19-39)50-45-22-12-10-20-41(45)42-21-11-13-23-46(42)50/h1-32H/i3D,8D,9D,10D,11D,12D,13D,18D,19D,20D,21D,22D,23D. The van der Waals surface area contributed by atoms with Gasteiger partial charge in [-0.15, -0.1) is 0 Å². The Morgan fingerprint density at radius 3 is 1.38 bits per heavy atom.